The Kier molecular flexibility index (Phi) is 4.17. The van der Waals surface area contributed by atoms with Crippen molar-refractivity contribution in [3.8, 4) is 0 Å². The minimum absolute atomic E-state index is 0.155. The van der Waals surface area contributed by atoms with E-state index >= 15 is 0 Å². The van der Waals surface area contributed by atoms with E-state index in [1.54, 1.807) is 24.3 Å². The monoisotopic (exact) mass is 249 g/mol. The summed E-state index contributed by atoms with van der Waals surface area (Å²) in [7, 11) is 0. The molecule has 1 fully saturated rings. The Bertz CT molecular complexity index is 422. The predicted octanol–water partition coefficient (Wildman–Crippen LogP) is 1.01. The highest BCUT2D eigenvalue weighted by Gasteiger charge is 2.25. The number of nitrogens with one attached hydrogen (secondary N) is 2. The van der Waals surface area contributed by atoms with Crippen LogP contribution in [0, 0.1) is 0 Å². The summed E-state index contributed by atoms with van der Waals surface area (Å²) in [5.74, 6) is 5.17. The van der Waals surface area contributed by atoms with E-state index in [1.165, 1.54) is 0 Å². The summed E-state index contributed by atoms with van der Waals surface area (Å²) in [6, 6.07) is 6.89. The van der Waals surface area contributed by atoms with Crippen LogP contribution in [-0.4, -0.2) is 23.2 Å². The first kappa shape index (κ1) is 12.9. The first-order chi connectivity index (χ1) is 8.72. The van der Waals surface area contributed by atoms with Crippen molar-refractivity contribution in [2.24, 2.45) is 5.84 Å². The molecule has 2 rings (SSSR count). The lowest BCUT2D eigenvalue weighted by Gasteiger charge is -2.28. The SMILES string of the molecule is NNc1ccccc1C(=O)NC1CCCCC1O. The molecular formula is C13H19N3O2. The van der Waals surface area contributed by atoms with Crippen LogP contribution in [0.5, 0.6) is 0 Å². The Balaban J connectivity index is 2.07. The molecular weight excluding hydrogens is 230 g/mol. The molecule has 0 bridgehead atoms. The summed E-state index contributed by atoms with van der Waals surface area (Å²) in [6.45, 7) is 0. The highest BCUT2D eigenvalue weighted by atomic mass is 16.3. The van der Waals surface area contributed by atoms with Gasteiger partial charge in [-0.3, -0.25) is 10.6 Å². The molecule has 1 aromatic rings. The van der Waals surface area contributed by atoms with Crippen LogP contribution >= 0.6 is 0 Å². The Labute approximate surface area is 106 Å². The lowest BCUT2D eigenvalue weighted by Crippen LogP contribution is -2.45. The fraction of sp³-hybridized carbons (Fsp3) is 0.462. The second kappa shape index (κ2) is 5.84. The topological polar surface area (TPSA) is 87.4 Å². The van der Waals surface area contributed by atoms with E-state index in [9.17, 15) is 9.90 Å². The Hall–Kier alpha value is -1.59. The molecule has 2 unspecified atom stereocenters. The second-order valence-electron chi connectivity index (χ2n) is 4.62. The van der Waals surface area contributed by atoms with Crippen molar-refractivity contribution in [2.45, 2.75) is 37.8 Å². The summed E-state index contributed by atoms with van der Waals surface area (Å²) >= 11 is 0. The molecule has 0 radical (unpaired) electrons. The van der Waals surface area contributed by atoms with Gasteiger partial charge in [0, 0.05) is 0 Å². The van der Waals surface area contributed by atoms with Gasteiger partial charge in [0.15, 0.2) is 0 Å². The molecule has 5 nitrogen and oxygen atoms in total. The Morgan fingerprint density at radius 2 is 2.00 bits per heavy atom. The summed E-state index contributed by atoms with van der Waals surface area (Å²) in [6.07, 6.45) is 3.20. The van der Waals surface area contributed by atoms with Gasteiger partial charge in [0.05, 0.1) is 23.4 Å². The quantitative estimate of drug-likeness (QED) is 0.475. The number of anilines is 1. The van der Waals surface area contributed by atoms with E-state index in [4.69, 9.17) is 5.84 Å². The number of carbonyl (C=O) groups excluding carboxylic acids is 1. The number of hydrogen-bond acceptors (Lipinski definition) is 4. The van der Waals surface area contributed by atoms with Crippen molar-refractivity contribution in [1.82, 2.24) is 5.32 Å². The van der Waals surface area contributed by atoms with E-state index in [2.05, 4.69) is 10.7 Å². The van der Waals surface area contributed by atoms with Crippen LogP contribution in [0.1, 0.15) is 36.0 Å². The maximum absolute atomic E-state index is 12.1. The van der Waals surface area contributed by atoms with E-state index < -0.39 is 6.10 Å². The molecule has 1 aliphatic rings. The molecule has 5 heteroatoms. The van der Waals surface area contributed by atoms with E-state index in [0.717, 1.165) is 25.7 Å². The fourth-order valence-electron chi connectivity index (χ4n) is 2.33. The predicted molar refractivity (Wildman–Crippen MR) is 70.0 cm³/mol. The molecule has 1 aromatic carbocycles. The van der Waals surface area contributed by atoms with Crippen LogP contribution in [0.25, 0.3) is 0 Å². The average molecular weight is 249 g/mol. The number of para-hydroxylation sites is 1. The highest BCUT2D eigenvalue weighted by molar-refractivity contribution is 5.99. The van der Waals surface area contributed by atoms with Gasteiger partial charge in [-0.15, -0.1) is 0 Å². The molecule has 18 heavy (non-hydrogen) atoms. The number of benzene rings is 1. The number of amides is 1. The van der Waals surface area contributed by atoms with Crippen molar-refractivity contribution >= 4 is 11.6 Å². The van der Waals surface area contributed by atoms with Crippen molar-refractivity contribution in [2.75, 3.05) is 5.43 Å². The average Bonchev–Trinajstić information content (AvgIpc) is 2.41. The first-order valence-corrected chi connectivity index (χ1v) is 6.27. The largest absolute Gasteiger partial charge is 0.391 e. The van der Waals surface area contributed by atoms with Crippen LogP contribution in [0.3, 0.4) is 0 Å². The summed E-state index contributed by atoms with van der Waals surface area (Å²) < 4.78 is 0. The van der Waals surface area contributed by atoms with Crippen molar-refractivity contribution in [1.29, 1.82) is 0 Å². The van der Waals surface area contributed by atoms with Crippen LogP contribution < -0.4 is 16.6 Å². The Morgan fingerprint density at radius 1 is 1.28 bits per heavy atom. The van der Waals surface area contributed by atoms with Crippen LogP contribution in [0.15, 0.2) is 24.3 Å². The number of aliphatic hydroxyl groups excluding tert-OH is 1. The third-order valence-corrected chi connectivity index (χ3v) is 3.37. The van der Waals surface area contributed by atoms with Crippen molar-refractivity contribution < 1.29 is 9.90 Å². The normalized spacial score (nSPS) is 23.4. The minimum atomic E-state index is -0.444. The first-order valence-electron chi connectivity index (χ1n) is 6.27. The van der Waals surface area contributed by atoms with Gasteiger partial charge in [-0.1, -0.05) is 25.0 Å². The molecule has 5 N–H and O–H groups in total. The number of nitrogen functional groups attached to an aromatic ring is 1. The number of nitrogens with two attached hydrogens (primary N) is 1. The third-order valence-electron chi connectivity index (χ3n) is 3.37. The molecule has 0 saturated heterocycles. The van der Waals surface area contributed by atoms with Crippen molar-refractivity contribution in [3.05, 3.63) is 29.8 Å². The third kappa shape index (κ3) is 2.80. The zero-order valence-electron chi connectivity index (χ0n) is 10.2. The van der Waals surface area contributed by atoms with Gasteiger partial charge in [0.2, 0.25) is 0 Å². The lowest BCUT2D eigenvalue weighted by atomic mass is 9.92. The van der Waals surface area contributed by atoms with Crippen LogP contribution in [-0.2, 0) is 0 Å². The van der Waals surface area contributed by atoms with Gasteiger partial charge in [-0.25, -0.2) is 0 Å². The molecule has 2 atom stereocenters. The van der Waals surface area contributed by atoms with Gasteiger partial charge < -0.3 is 15.8 Å². The smallest absolute Gasteiger partial charge is 0.253 e. The summed E-state index contributed by atoms with van der Waals surface area (Å²) in [5, 5.41) is 12.7. The summed E-state index contributed by atoms with van der Waals surface area (Å²) in [5.41, 5.74) is 3.58. The van der Waals surface area contributed by atoms with Gasteiger partial charge in [-0.2, -0.15) is 0 Å². The molecule has 1 aliphatic carbocycles. The van der Waals surface area contributed by atoms with E-state index in [1.807, 2.05) is 0 Å². The van der Waals surface area contributed by atoms with Gasteiger partial charge in [-0.05, 0) is 25.0 Å². The standard InChI is InChI=1S/C13H19N3O2/c14-16-10-6-2-1-5-9(10)13(18)15-11-7-3-4-8-12(11)17/h1-2,5-6,11-12,16-17H,3-4,7-8,14H2,(H,15,18). The minimum Gasteiger partial charge on any atom is -0.391 e. The fourth-order valence-corrected chi connectivity index (χ4v) is 2.33. The number of rotatable bonds is 3. The van der Waals surface area contributed by atoms with Crippen molar-refractivity contribution in [3.63, 3.8) is 0 Å². The van der Waals surface area contributed by atoms with Crippen LogP contribution in [0.4, 0.5) is 5.69 Å². The molecule has 0 aromatic heterocycles. The second-order valence-corrected chi connectivity index (χ2v) is 4.62. The summed E-state index contributed by atoms with van der Waals surface area (Å²) in [4.78, 5) is 12.1. The molecule has 98 valence electrons. The molecule has 0 heterocycles. The number of aliphatic hydroxyl groups is 1. The van der Waals surface area contributed by atoms with Gasteiger partial charge in [0.25, 0.3) is 5.91 Å². The number of hydrogen-bond donors (Lipinski definition) is 4. The lowest BCUT2D eigenvalue weighted by molar-refractivity contribution is 0.0718. The molecule has 1 saturated carbocycles. The Morgan fingerprint density at radius 3 is 2.72 bits per heavy atom. The zero-order valence-corrected chi connectivity index (χ0v) is 10.2. The zero-order chi connectivity index (χ0) is 13.0. The maximum Gasteiger partial charge on any atom is 0.253 e. The molecule has 1 amide bonds. The molecule has 0 aliphatic heterocycles. The van der Waals surface area contributed by atoms with E-state index in [0.29, 0.717) is 11.3 Å². The number of hydrazine groups is 1. The highest BCUT2D eigenvalue weighted by Crippen LogP contribution is 2.20. The maximum atomic E-state index is 12.1. The van der Waals surface area contributed by atoms with Crippen LogP contribution in [0.2, 0.25) is 0 Å². The van der Waals surface area contributed by atoms with Gasteiger partial charge >= 0.3 is 0 Å². The number of carbonyl (C=O) groups is 1. The van der Waals surface area contributed by atoms with Gasteiger partial charge in [0.1, 0.15) is 0 Å². The molecule has 0 spiro atoms. The van der Waals surface area contributed by atoms with E-state index in [-0.39, 0.29) is 11.9 Å².